The van der Waals surface area contributed by atoms with Gasteiger partial charge in [0.15, 0.2) is 4.34 Å². The number of anilines is 1. The monoisotopic (exact) mass is 434 g/mol. The number of aryl methyl sites for hydroxylation is 1. The number of thioether (sulfide) groups is 1. The number of aromatic nitrogens is 1. The van der Waals surface area contributed by atoms with Crippen LogP contribution in [-0.2, 0) is 20.7 Å². The molecule has 0 saturated heterocycles. The smallest absolute Gasteiger partial charge is 0.315 e. The van der Waals surface area contributed by atoms with Crippen molar-refractivity contribution in [1.29, 1.82) is 0 Å². The van der Waals surface area contributed by atoms with E-state index in [9.17, 15) is 9.59 Å². The minimum atomic E-state index is -0.601. The van der Waals surface area contributed by atoms with Gasteiger partial charge in [-0.3, -0.25) is 9.59 Å². The zero-order valence-electron chi connectivity index (χ0n) is 16.0. The second-order valence-corrected chi connectivity index (χ2v) is 10.4. The van der Waals surface area contributed by atoms with Gasteiger partial charge in [0.25, 0.3) is 0 Å². The SMILES string of the molecule is CC(C)(C)OC(=O)CC(=O)Nc1ccc2nc(SCCc3ccsc3)sc2c1. The lowest BCUT2D eigenvalue weighted by Gasteiger charge is -2.19. The first-order valence-corrected chi connectivity index (χ1v) is 11.6. The summed E-state index contributed by atoms with van der Waals surface area (Å²) in [5, 5.41) is 7.02. The Kier molecular flexibility index (Phi) is 6.74. The van der Waals surface area contributed by atoms with Gasteiger partial charge in [0.2, 0.25) is 5.91 Å². The molecule has 0 saturated carbocycles. The number of esters is 1. The topological polar surface area (TPSA) is 68.3 Å². The van der Waals surface area contributed by atoms with Crippen LogP contribution in [0.15, 0.2) is 39.4 Å². The molecule has 0 fully saturated rings. The van der Waals surface area contributed by atoms with Crippen LogP contribution in [0, 0.1) is 0 Å². The van der Waals surface area contributed by atoms with E-state index < -0.39 is 11.6 Å². The first-order chi connectivity index (χ1) is 13.3. The summed E-state index contributed by atoms with van der Waals surface area (Å²) in [5.74, 6) is 0.0624. The van der Waals surface area contributed by atoms with Crippen molar-refractivity contribution in [2.45, 2.75) is 43.6 Å². The third-order valence-corrected chi connectivity index (χ3v) is 6.47. The number of fused-ring (bicyclic) bond motifs is 1. The van der Waals surface area contributed by atoms with Crippen molar-refractivity contribution in [1.82, 2.24) is 4.98 Å². The van der Waals surface area contributed by atoms with Gasteiger partial charge in [-0.05, 0) is 67.8 Å². The van der Waals surface area contributed by atoms with Crippen LogP contribution in [0.5, 0.6) is 0 Å². The Bertz CT molecular complexity index is 959. The maximum atomic E-state index is 12.1. The second-order valence-electron chi connectivity index (χ2n) is 7.20. The van der Waals surface area contributed by atoms with Crippen LogP contribution in [0.1, 0.15) is 32.8 Å². The zero-order chi connectivity index (χ0) is 20.1. The Morgan fingerprint density at radius 1 is 1.25 bits per heavy atom. The number of thiophene rings is 1. The first-order valence-electron chi connectivity index (χ1n) is 8.85. The minimum Gasteiger partial charge on any atom is -0.460 e. The summed E-state index contributed by atoms with van der Waals surface area (Å²) >= 11 is 5.07. The molecule has 5 nitrogen and oxygen atoms in total. The molecule has 0 aliphatic carbocycles. The highest BCUT2D eigenvalue weighted by Gasteiger charge is 2.19. The molecule has 2 aromatic heterocycles. The van der Waals surface area contributed by atoms with Crippen LogP contribution in [0.25, 0.3) is 10.2 Å². The second kappa shape index (κ2) is 9.07. The van der Waals surface area contributed by atoms with E-state index in [1.165, 1.54) is 5.56 Å². The highest BCUT2D eigenvalue weighted by molar-refractivity contribution is 8.01. The molecule has 0 unspecified atom stereocenters. The van der Waals surface area contributed by atoms with Gasteiger partial charge in [0, 0.05) is 11.4 Å². The highest BCUT2D eigenvalue weighted by atomic mass is 32.2. The highest BCUT2D eigenvalue weighted by Crippen LogP contribution is 2.31. The van der Waals surface area contributed by atoms with Crippen LogP contribution in [-0.4, -0.2) is 28.2 Å². The molecule has 148 valence electrons. The van der Waals surface area contributed by atoms with E-state index >= 15 is 0 Å². The fraction of sp³-hybridized carbons (Fsp3) is 0.350. The molecule has 0 aliphatic rings. The number of benzene rings is 1. The van der Waals surface area contributed by atoms with Gasteiger partial charge in [-0.1, -0.05) is 11.8 Å². The van der Waals surface area contributed by atoms with E-state index in [1.807, 2.05) is 12.1 Å². The number of hydrogen-bond acceptors (Lipinski definition) is 7. The van der Waals surface area contributed by atoms with Gasteiger partial charge in [-0.2, -0.15) is 11.3 Å². The standard InChI is InChI=1S/C20H22N2O3S3/c1-20(2,3)25-18(24)11-17(23)21-14-4-5-15-16(10-14)28-19(22-15)27-9-7-13-6-8-26-12-13/h4-6,8,10,12H,7,9,11H2,1-3H3,(H,21,23). The van der Waals surface area contributed by atoms with Crippen LogP contribution in [0.4, 0.5) is 5.69 Å². The summed E-state index contributed by atoms with van der Waals surface area (Å²) in [5.41, 5.74) is 2.32. The molecule has 1 amide bonds. The lowest BCUT2D eigenvalue weighted by atomic mass is 10.2. The van der Waals surface area contributed by atoms with E-state index in [2.05, 4.69) is 27.1 Å². The lowest BCUT2D eigenvalue weighted by molar-refractivity contribution is -0.155. The van der Waals surface area contributed by atoms with Gasteiger partial charge in [0.1, 0.15) is 12.0 Å². The third-order valence-electron chi connectivity index (χ3n) is 3.57. The molecule has 3 rings (SSSR count). The lowest BCUT2D eigenvalue weighted by Crippen LogP contribution is -2.27. The molecule has 0 spiro atoms. The maximum absolute atomic E-state index is 12.1. The van der Waals surface area contributed by atoms with Crippen molar-refractivity contribution in [3.63, 3.8) is 0 Å². The van der Waals surface area contributed by atoms with E-state index in [0.29, 0.717) is 5.69 Å². The number of hydrogen-bond donors (Lipinski definition) is 1. The molecule has 0 bridgehead atoms. The number of thiazole rings is 1. The van der Waals surface area contributed by atoms with Crippen LogP contribution >= 0.6 is 34.4 Å². The number of nitrogens with one attached hydrogen (secondary N) is 1. The summed E-state index contributed by atoms with van der Waals surface area (Å²) in [6, 6.07) is 7.73. The largest absolute Gasteiger partial charge is 0.460 e. The predicted molar refractivity (Wildman–Crippen MR) is 117 cm³/mol. The third kappa shape index (κ3) is 6.32. The summed E-state index contributed by atoms with van der Waals surface area (Å²) < 4.78 is 7.20. The number of ether oxygens (including phenoxy) is 1. The summed E-state index contributed by atoms with van der Waals surface area (Å²) in [7, 11) is 0. The van der Waals surface area contributed by atoms with Crippen molar-refractivity contribution in [2.75, 3.05) is 11.1 Å². The minimum absolute atomic E-state index is 0.304. The average molecular weight is 435 g/mol. The van der Waals surface area contributed by atoms with Gasteiger partial charge < -0.3 is 10.1 Å². The molecule has 0 atom stereocenters. The van der Waals surface area contributed by atoms with E-state index in [4.69, 9.17) is 4.74 Å². The molecule has 2 heterocycles. The summed E-state index contributed by atoms with van der Waals surface area (Å²) in [6.45, 7) is 5.32. The van der Waals surface area contributed by atoms with Crippen LogP contribution < -0.4 is 5.32 Å². The van der Waals surface area contributed by atoms with Gasteiger partial charge in [-0.15, -0.1) is 11.3 Å². The summed E-state index contributed by atoms with van der Waals surface area (Å²) in [4.78, 5) is 28.5. The van der Waals surface area contributed by atoms with E-state index in [1.54, 1.807) is 61.3 Å². The van der Waals surface area contributed by atoms with E-state index in [0.717, 1.165) is 26.7 Å². The molecular weight excluding hydrogens is 412 g/mol. The fourth-order valence-electron chi connectivity index (χ4n) is 2.45. The van der Waals surface area contributed by atoms with Gasteiger partial charge >= 0.3 is 5.97 Å². The van der Waals surface area contributed by atoms with Crippen LogP contribution in [0.3, 0.4) is 0 Å². The molecule has 8 heteroatoms. The molecule has 28 heavy (non-hydrogen) atoms. The number of rotatable bonds is 7. The predicted octanol–water partition coefficient (Wildman–Crippen LogP) is 5.36. The normalized spacial score (nSPS) is 11.5. The quantitative estimate of drug-likeness (QED) is 0.308. The Labute approximate surface area is 176 Å². The Morgan fingerprint density at radius 3 is 2.79 bits per heavy atom. The van der Waals surface area contributed by atoms with Gasteiger partial charge in [0.05, 0.1) is 10.2 Å². The van der Waals surface area contributed by atoms with Crippen molar-refractivity contribution in [3.05, 3.63) is 40.6 Å². The van der Waals surface area contributed by atoms with Crippen molar-refractivity contribution >= 4 is 62.2 Å². The number of carbonyl (C=O) groups excluding carboxylic acids is 2. The van der Waals surface area contributed by atoms with E-state index in [-0.39, 0.29) is 12.3 Å². The fourth-order valence-corrected chi connectivity index (χ4v) is 5.32. The summed E-state index contributed by atoms with van der Waals surface area (Å²) in [6.07, 6.45) is 0.720. The molecule has 1 N–H and O–H groups in total. The molecular formula is C20H22N2O3S3. The first kappa shape index (κ1) is 20.8. The Hall–Kier alpha value is -1.90. The number of nitrogens with zero attached hydrogens (tertiary/aromatic N) is 1. The Morgan fingerprint density at radius 2 is 2.07 bits per heavy atom. The average Bonchev–Trinajstić information content (AvgIpc) is 3.21. The molecule has 3 aromatic rings. The molecule has 0 radical (unpaired) electrons. The van der Waals surface area contributed by atoms with Crippen molar-refractivity contribution in [2.24, 2.45) is 0 Å². The molecule has 1 aromatic carbocycles. The number of amides is 1. The zero-order valence-corrected chi connectivity index (χ0v) is 18.4. The maximum Gasteiger partial charge on any atom is 0.315 e. The van der Waals surface area contributed by atoms with Crippen LogP contribution in [0.2, 0.25) is 0 Å². The number of carbonyl (C=O) groups is 2. The van der Waals surface area contributed by atoms with Crippen molar-refractivity contribution < 1.29 is 14.3 Å². The Balaban J connectivity index is 1.56. The van der Waals surface area contributed by atoms with Crippen molar-refractivity contribution in [3.8, 4) is 0 Å². The molecule has 0 aliphatic heterocycles. The van der Waals surface area contributed by atoms with Gasteiger partial charge in [-0.25, -0.2) is 4.98 Å².